The maximum Gasteiger partial charge on any atom is 0.161 e. The molecule has 1 heterocycles. The highest BCUT2D eigenvalue weighted by molar-refractivity contribution is 7.90. The highest BCUT2D eigenvalue weighted by Gasteiger charge is 2.22. The average Bonchev–Trinajstić information content (AvgIpc) is 3.23. The summed E-state index contributed by atoms with van der Waals surface area (Å²) in [6, 6.07) is 13.1. The van der Waals surface area contributed by atoms with Crippen LogP contribution in [0.25, 0.3) is 5.69 Å². The molecule has 2 aromatic carbocycles. The van der Waals surface area contributed by atoms with Crippen molar-refractivity contribution in [2.45, 2.75) is 19.3 Å². The number of anilines is 1. The molecule has 0 aliphatic heterocycles. The molecule has 8 heteroatoms. The van der Waals surface area contributed by atoms with Crippen LogP contribution in [0.2, 0.25) is 0 Å². The van der Waals surface area contributed by atoms with E-state index in [-0.39, 0.29) is 11.7 Å². The van der Waals surface area contributed by atoms with Gasteiger partial charge in [-0.15, -0.1) is 0 Å². The zero-order chi connectivity index (χ0) is 21.7. The zero-order valence-electron chi connectivity index (χ0n) is 17.4. The number of benzene rings is 2. The molecule has 0 unspecified atom stereocenters. The number of ether oxygens (including phenoxy) is 2. The largest absolute Gasteiger partial charge is 0.493 e. The van der Waals surface area contributed by atoms with Gasteiger partial charge in [-0.2, -0.15) is 5.10 Å². The Hall–Kier alpha value is -3.00. The van der Waals surface area contributed by atoms with Crippen LogP contribution in [-0.2, 0) is 16.3 Å². The summed E-state index contributed by atoms with van der Waals surface area (Å²) in [5, 5.41) is 4.25. The molecule has 3 rings (SSSR count). The van der Waals surface area contributed by atoms with Gasteiger partial charge in [0.2, 0.25) is 0 Å². The number of methoxy groups -OCH3 is 1. The summed E-state index contributed by atoms with van der Waals surface area (Å²) in [4.78, 5) is 0. The van der Waals surface area contributed by atoms with E-state index < -0.39 is 9.84 Å². The lowest BCUT2D eigenvalue weighted by Gasteiger charge is -2.20. The Morgan fingerprint density at radius 2 is 1.97 bits per heavy atom. The Bertz CT molecular complexity index is 1100. The molecule has 1 aromatic heterocycles. The monoisotopic (exact) mass is 429 g/mol. The quantitative estimate of drug-likeness (QED) is 0.525. The van der Waals surface area contributed by atoms with Crippen molar-refractivity contribution in [3.8, 4) is 17.2 Å². The molecule has 0 radical (unpaired) electrons. The summed E-state index contributed by atoms with van der Waals surface area (Å²) < 4.78 is 37.1. The minimum Gasteiger partial charge on any atom is -0.493 e. The van der Waals surface area contributed by atoms with Crippen LogP contribution in [0.5, 0.6) is 11.5 Å². The van der Waals surface area contributed by atoms with Crippen LogP contribution in [0, 0.1) is 0 Å². The summed E-state index contributed by atoms with van der Waals surface area (Å²) in [5.74, 6) is 0.907. The first-order valence-corrected chi connectivity index (χ1v) is 11.7. The van der Waals surface area contributed by atoms with E-state index in [0.717, 1.165) is 16.8 Å². The van der Waals surface area contributed by atoms with Crippen LogP contribution < -0.4 is 15.2 Å². The Morgan fingerprint density at radius 1 is 1.17 bits per heavy atom. The third-order valence-corrected chi connectivity index (χ3v) is 5.86. The molecule has 1 atom stereocenters. The lowest BCUT2D eigenvalue weighted by atomic mass is 9.92. The Labute approximate surface area is 177 Å². The van der Waals surface area contributed by atoms with Gasteiger partial charge in [0.05, 0.1) is 30.8 Å². The number of para-hydroxylation sites is 1. The normalized spacial score (nSPS) is 12.5. The molecule has 0 spiro atoms. The fraction of sp³-hybridized carbons (Fsp3) is 0.318. The van der Waals surface area contributed by atoms with Crippen LogP contribution in [0.3, 0.4) is 0 Å². The smallest absolute Gasteiger partial charge is 0.161 e. The fourth-order valence-electron chi connectivity index (χ4n) is 3.51. The molecule has 0 bridgehead atoms. The second kappa shape index (κ2) is 9.21. The SMILES string of the molecule is CCOc1cc([C@H](Cc2cccc(-n3cccn3)c2N)CS(C)(=O)=O)ccc1OC. The average molecular weight is 430 g/mol. The first-order chi connectivity index (χ1) is 14.3. The van der Waals surface area contributed by atoms with Gasteiger partial charge in [-0.1, -0.05) is 18.2 Å². The van der Waals surface area contributed by atoms with E-state index in [1.54, 1.807) is 24.1 Å². The summed E-state index contributed by atoms with van der Waals surface area (Å²) >= 11 is 0. The third kappa shape index (κ3) is 5.13. The van der Waals surface area contributed by atoms with Gasteiger partial charge in [0.25, 0.3) is 0 Å². The molecule has 0 saturated heterocycles. The van der Waals surface area contributed by atoms with E-state index >= 15 is 0 Å². The predicted octanol–water partition coefficient (Wildman–Crippen LogP) is 3.23. The molecular formula is C22H27N3O4S. The summed E-state index contributed by atoms with van der Waals surface area (Å²) in [7, 11) is -1.65. The number of aromatic nitrogens is 2. The van der Waals surface area contributed by atoms with Crippen molar-refractivity contribution in [3.05, 3.63) is 66.0 Å². The number of sulfone groups is 1. The molecular weight excluding hydrogens is 402 g/mol. The molecule has 0 aliphatic rings. The minimum atomic E-state index is -3.23. The van der Waals surface area contributed by atoms with E-state index in [0.29, 0.717) is 30.2 Å². The molecule has 0 fully saturated rings. The molecule has 0 aliphatic carbocycles. The lowest BCUT2D eigenvalue weighted by Crippen LogP contribution is -2.17. The van der Waals surface area contributed by atoms with E-state index in [9.17, 15) is 8.42 Å². The minimum absolute atomic E-state index is 0.00364. The van der Waals surface area contributed by atoms with Gasteiger partial charge < -0.3 is 15.2 Å². The van der Waals surface area contributed by atoms with E-state index in [2.05, 4.69) is 5.10 Å². The van der Waals surface area contributed by atoms with Gasteiger partial charge in [-0.05, 0) is 48.7 Å². The van der Waals surface area contributed by atoms with Crippen LogP contribution in [0.15, 0.2) is 54.9 Å². The molecule has 160 valence electrons. The Balaban J connectivity index is 2.00. The second-order valence-electron chi connectivity index (χ2n) is 7.14. The zero-order valence-corrected chi connectivity index (χ0v) is 18.2. The molecule has 0 amide bonds. The van der Waals surface area contributed by atoms with Crippen molar-refractivity contribution >= 4 is 15.5 Å². The highest BCUT2D eigenvalue weighted by Crippen LogP contribution is 2.34. The summed E-state index contributed by atoms with van der Waals surface area (Å²) in [5.41, 5.74) is 9.50. The van der Waals surface area contributed by atoms with Gasteiger partial charge in [0.1, 0.15) is 9.84 Å². The maximum absolute atomic E-state index is 12.2. The third-order valence-electron chi connectivity index (χ3n) is 4.85. The molecule has 0 saturated carbocycles. The number of nitrogens with two attached hydrogens (primary N) is 1. The number of nitrogens with zero attached hydrogens (tertiary/aromatic N) is 2. The standard InChI is InChI=1S/C22H27N3O4S/c1-4-29-21-14-16(9-10-20(21)28-2)18(15-30(3,26)27)13-17-7-5-8-19(22(17)23)25-12-6-11-24-25/h5-12,14,18H,4,13,15,23H2,1-3H3/t18-/m1/s1. The number of hydrogen-bond acceptors (Lipinski definition) is 6. The molecule has 3 aromatic rings. The lowest BCUT2D eigenvalue weighted by molar-refractivity contribution is 0.310. The van der Waals surface area contributed by atoms with Crippen LogP contribution in [0.4, 0.5) is 5.69 Å². The second-order valence-corrected chi connectivity index (χ2v) is 9.32. The van der Waals surface area contributed by atoms with Crippen molar-refractivity contribution < 1.29 is 17.9 Å². The van der Waals surface area contributed by atoms with E-state index in [1.165, 1.54) is 6.26 Å². The van der Waals surface area contributed by atoms with E-state index in [1.807, 2.05) is 49.5 Å². The highest BCUT2D eigenvalue weighted by atomic mass is 32.2. The van der Waals surface area contributed by atoms with Gasteiger partial charge in [0.15, 0.2) is 11.5 Å². The van der Waals surface area contributed by atoms with Crippen LogP contribution >= 0.6 is 0 Å². The van der Waals surface area contributed by atoms with Gasteiger partial charge >= 0.3 is 0 Å². The van der Waals surface area contributed by atoms with Crippen LogP contribution in [-0.4, -0.2) is 43.9 Å². The van der Waals surface area contributed by atoms with Crippen molar-refractivity contribution in [1.82, 2.24) is 9.78 Å². The Morgan fingerprint density at radius 3 is 2.60 bits per heavy atom. The first kappa shape index (κ1) is 21.7. The number of hydrogen-bond donors (Lipinski definition) is 1. The van der Waals surface area contributed by atoms with Gasteiger partial charge in [-0.3, -0.25) is 0 Å². The molecule has 7 nitrogen and oxygen atoms in total. The summed E-state index contributed by atoms with van der Waals surface area (Å²) in [6.07, 6.45) is 5.22. The van der Waals surface area contributed by atoms with Crippen molar-refractivity contribution in [3.63, 3.8) is 0 Å². The van der Waals surface area contributed by atoms with Gasteiger partial charge in [-0.25, -0.2) is 13.1 Å². The van der Waals surface area contributed by atoms with E-state index in [4.69, 9.17) is 15.2 Å². The summed E-state index contributed by atoms with van der Waals surface area (Å²) in [6.45, 7) is 2.37. The number of rotatable bonds is 9. The first-order valence-electron chi connectivity index (χ1n) is 9.68. The van der Waals surface area contributed by atoms with Crippen molar-refractivity contribution in [1.29, 1.82) is 0 Å². The molecule has 2 N–H and O–H groups in total. The molecule has 30 heavy (non-hydrogen) atoms. The van der Waals surface area contributed by atoms with Crippen molar-refractivity contribution in [2.75, 3.05) is 31.5 Å². The fourth-order valence-corrected chi connectivity index (χ4v) is 4.55. The van der Waals surface area contributed by atoms with Gasteiger partial charge in [0, 0.05) is 24.6 Å². The predicted molar refractivity (Wildman–Crippen MR) is 118 cm³/mol. The maximum atomic E-state index is 12.2. The van der Waals surface area contributed by atoms with Crippen molar-refractivity contribution in [2.24, 2.45) is 0 Å². The van der Waals surface area contributed by atoms with Crippen LogP contribution in [0.1, 0.15) is 24.0 Å². The Kier molecular flexibility index (Phi) is 6.66. The topological polar surface area (TPSA) is 96.4 Å². The number of nitrogen functional groups attached to an aromatic ring is 1.